The Morgan fingerprint density at radius 2 is 1.93 bits per heavy atom. The van der Waals surface area contributed by atoms with Gasteiger partial charge in [0, 0.05) is 30.1 Å². The van der Waals surface area contributed by atoms with Crippen molar-refractivity contribution in [3.63, 3.8) is 0 Å². The first-order chi connectivity index (χ1) is 13.2. The highest BCUT2D eigenvalue weighted by Gasteiger charge is 2.14. The van der Waals surface area contributed by atoms with Gasteiger partial charge in [0.2, 0.25) is 5.16 Å². The van der Waals surface area contributed by atoms with Gasteiger partial charge in [0.1, 0.15) is 11.2 Å². The van der Waals surface area contributed by atoms with E-state index in [4.69, 9.17) is 16.6 Å². The fraction of sp³-hybridized carbons (Fsp3) is 0.158. The third kappa shape index (κ3) is 2.83. The molecule has 0 radical (unpaired) electrons. The summed E-state index contributed by atoms with van der Waals surface area (Å²) < 4.78 is 4.10. The smallest absolute Gasteiger partial charge is 0.211 e. The SMILES string of the molecule is CCn1c2ccccc2c2nnc(SCc3cn4cc(Cl)ccc4n3)nc21. The van der Waals surface area contributed by atoms with Crippen LogP contribution in [0.5, 0.6) is 0 Å². The van der Waals surface area contributed by atoms with Crippen molar-refractivity contribution >= 4 is 51.1 Å². The summed E-state index contributed by atoms with van der Waals surface area (Å²) in [5, 5.41) is 11.2. The van der Waals surface area contributed by atoms with Crippen LogP contribution in [0.15, 0.2) is 53.9 Å². The minimum atomic E-state index is 0.648. The van der Waals surface area contributed by atoms with Crippen LogP contribution in [0.1, 0.15) is 12.6 Å². The Hall–Kier alpha value is -2.64. The third-order valence-corrected chi connectivity index (χ3v) is 5.58. The predicted octanol–water partition coefficient (Wildman–Crippen LogP) is 4.59. The second-order valence-electron chi connectivity index (χ2n) is 6.16. The van der Waals surface area contributed by atoms with Crippen LogP contribution in [-0.2, 0) is 12.3 Å². The number of thioether (sulfide) groups is 1. The molecule has 1 aromatic carbocycles. The molecular formula is C19H15ClN6S. The number of para-hydroxylation sites is 1. The molecule has 27 heavy (non-hydrogen) atoms. The lowest BCUT2D eigenvalue weighted by Crippen LogP contribution is -1.98. The maximum absolute atomic E-state index is 6.03. The molecule has 0 fully saturated rings. The molecular weight excluding hydrogens is 380 g/mol. The Morgan fingerprint density at radius 1 is 1.04 bits per heavy atom. The number of imidazole rings is 1. The van der Waals surface area contributed by atoms with Crippen molar-refractivity contribution < 1.29 is 0 Å². The van der Waals surface area contributed by atoms with E-state index >= 15 is 0 Å². The molecule has 0 unspecified atom stereocenters. The van der Waals surface area contributed by atoms with E-state index in [1.807, 2.05) is 41.1 Å². The highest BCUT2D eigenvalue weighted by atomic mass is 35.5. The summed E-state index contributed by atoms with van der Waals surface area (Å²) in [5.41, 5.74) is 4.67. The van der Waals surface area contributed by atoms with Crippen molar-refractivity contribution in [2.24, 2.45) is 0 Å². The van der Waals surface area contributed by atoms with Crippen LogP contribution >= 0.6 is 23.4 Å². The summed E-state index contributed by atoms with van der Waals surface area (Å²) in [4.78, 5) is 9.36. The molecule has 5 aromatic rings. The van der Waals surface area contributed by atoms with E-state index < -0.39 is 0 Å². The van der Waals surface area contributed by atoms with Gasteiger partial charge in [-0.1, -0.05) is 41.6 Å². The molecule has 0 amide bonds. The first-order valence-electron chi connectivity index (χ1n) is 8.60. The number of nitrogens with zero attached hydrogens (tertiary/aromatic N) is 6. The molecule has 0 aliphatic heterocycles. The molecule has 0 aliphatic carbocycles. The summed E-state index contributed by atoms with van der Waals surface area (Å²) >= 11 is 7.56. The number of aryl methyl sites for hydroxylation is 1. The number of halogens is 1. The molecule has 0 bridgehead atoms. The zero-order valence-electron chi connectivity index (χ0n) is 14.5. The molecule has 134 valence electrons. The summed E-state index contributed by atoms with van der Waals surface area (Å²) in [7, 11) is 0. The number of rotatable bonds is 4. The quantitative estimate of drug-likeness (QED) is 0.417. The topological polar surface area (TPSA) is 60.9 Å². The third-order valence-electron chi connectivity index (χ3n) is 4.48. The second kappa shape index (κ2) is 6.51. The van der Waals surface area contributed by atoms with Gasteiger partial charge in [-0.3, -0.25) is 0 Å². The number of benzene rings is 1. The van der Waals surface area contributed by atoms with Gasteiger partial charge >= 0.3 is 0 Å². The summed E-state index contributed by atoms with van der Waals surface area (Å²) in [6.45, 7) is 2.95. The number of pyridine rings is 1. The van der Waals surface area contributed by atoms with Gasteiger partial charge in [0.15, 0.2) is 5.65 Å². The van der Waals surface area contributed by atoms with Gasteiger partial charge in [0.25, 0.3) is 0 Å². The average molecular weight is 395 g/mol. The van der Waals surface area contributed by atoms with Crippen LogP contribution in [0.3, 0.4) is 0 Å². The minimum Gasteiger partial charge on any atom is -0.324 e. The van der Waals surface area contributed by atoms with Crippen LogP contribution in [-0.4, -0.2) is 29.1 Å². The van der Waals surface area contributed by atoms with Crippen LogP contribution in [0.4, 0.5) is 0 Å². The molecule has 0 spiro atoms. The van der Waals surface area contributed by atoms with Gasteiger partial charge < -0.3 is 8.97 Å². The van der Waals surface area contributed by atoms with Crippen molar-refractivity contribution in [1.29, 1.82) is 0 Å². The Bertz CT molecular complexity index is 1290. The number of hydrogen-bond donors (Lipinski definition) is 0. The lowest BCUT2D eigenvalue weighted by molar-refractivity contribution is 0.789. The fourth-order valence-corrected chi connectivity index (χ4v) is 4.13. The molecule has 0 aliphatic rings. The number of aromatic nitrogens is 6. The Balaban J connectivity index is 1.48. The van der Waals surface area contributed by atoms with Gasteiger partial charge in [-0.15, -0.1) is 10.2 Å². The highest BCUT2D eigenvalue weighted by molar-refractivity contribution is 7.98. The van der Waals surface area contributed by atoms with Crippen molar-refractivity contribution in [3.8, 4) is 0 Å². The molecule has 4 heterocycles. The standard InChI is InChI=1S/C19H15ClN6S/c1-2-26-15-6-4-3-5-14(15)17-18(26)22-19(24-23-17)27-11-13-10-25-9-12(20)7-8-16(25)21-13/h3-10H,2,11H2,1H3. The molecule has 4 aromatic heterocycles. The van der Waals surface area contributed by atoms with Gasteiger partial charge in [-0.25, -0.2) is 9.97 Å². The lowest BCUT2D eigenvalue weighted by Gasteiger charge is -2.02. The molecule has 0 atom stereocenters. The van der Waals surface area contributed by atoms with Gasteiger partial charge in [-0.05, 0) is 25.1 Å². The second-order valence-corrected chi connectivity index (χ2v) is 7.54. The molecule has 8 heteroatoms. The lowest BCUT2D eigenvalue weighted by atomic mass is 10.2. The van der Waals surface area contributed by atoms with Crippen molar-refractivity contribution in [3.05, 3.63) is 59.5 Å². The van der Waals surface area contributed by atoms with E-state index in [9.17, 15) is 0 Å². The van der Waals surface area contributed by atoms with E-state index in [0.717, 1.165) is 40.0 Å². The summed E-state index contributed by atoms with van der Waals surface area (Å²) in [5.74, 6) is 0.666. The van der Waals surface area contributed by atoms with Crippen molar-refractivity contribution in [1.82, 2.24) is 29.1 Å². The van der Waals surface area contributed by atoms with Gasteiger partial charge in [-0.2, -0.15) is 0 Å². The van der Waals surface area contributed by atoms with Crippen molar-refractivity contribution in [2.75, 3.05) is 0 Å². The Morgan fingerprint density at radius 3 is 2.81 bits per heavy atom. The number of hydrogen-bond acceptors (Lipinski definition) is 5. The Kier molecular flexibility index (Phi) is 3.98. The monoisotopic (exact) mass is 394 g/mol. The summed E-state index contributed by atoms with van der Waals surface area (Å²) in [6.07, 6.45) is 3.82. The molecule has 0 N–H and O–H groups in total. The van der Waals surface area contributed by atoms with Crippen molar-refractivity contribution in [2.45, 2.75) is 24.4 Å². The molecule has 0 saturated heterocycles. The molecule has 0 saturated carbocycles. The highest BCUT2D eigenvalue weighted by Crippen LogP contribution is 2.27. The Labute approximate surface area is 164 Å². The average Bonchev–Trinajstić information content (AvgIpc) is 3.23. The molecule has 6 nitrogen and oxygen atoms in total. The maximum atomic E-state index is 6.03. The fourth-order valence-electron chi connectivity index (χ4n) is 3.30. The van der Waals surface area contributed by atoms with Crippen LogP contribution in [0.25, 0.3) is 27.7 Å². The first-order valence-corrected chi connectivity index (χ1v) is 9.97. The van der Waals surface area contributed by atoms with E-state index in [2.05, 4.69) is 38.8 Å². The van der Waals surface area contributed by atoms with Crippen LogP contribution < -0.4 is 0 Å². The predicted molar refractivity (Wildman–Crippen MR) is 108 cm³/mol. The van der Waals surface area contributed by atoms with Gasteiger partial charge in [0.05, 0.1) is 16.2 Å². The first kappa shape index (κ1) is 16.5. The van der Waals surface area contributed by atoms with Crippen LogP contribution in [0, 0.1) is 0 Å². The zero-order chi connectivity index (χ0) is 18.4. The van der Waals surface area contributed by atoms with E-state index in [0.29, 0.717) is 15.9 Å². The normalized spacial score (nSPS) is 11.8. The van der Waals surface area contributed by atoms with Crippen LogP contribution in [0.2, 0.25) is 5.02 Å². The molecule has 5 rings (SSSR count). The van der Waals surface area contributed by atoms with E-state index in [1.165, 1.54) is 11.8 Å². The largest absolute Gasteiger partial charge is 0.324 e. The number of fused-ring (bicyclic) bond motifs is 4. The van der Waals surface area contributed by atoms with E-state index in [-0.39, 0.29) is 0 Å². The summed E-state index contributed by atoms with van der Waals surface area (Å²) in [6, 6.07) is 11.9. The maximum Gasteiger partial charge on any atom is 0.211 e. The van der Waals surface area contributed by atoms with E-state index in [1.54, 1.807) is 0 Å². The zero-order valence-corrected chi connectivity index (χ0v) is 16.1. The minimum absolute atomic E-state index is 0.648.